The lowest BCUT2D eigenvalue weighted by atomic mass is 10.5. The van der Waals surface area contributed by atoms with Gasteiger partial charge >= 0.3 is 0 Å². The van der Waals surface area contributed by atoms with Crippen molar-refractivity contribution in [3.63, 3.8) is 0 Å². The average molecular weight is 131 g/mol. The van der Waals surface area contributed by atoms with Gasteiger partial charge in [-0.1, -0.05) is 0 Å². The van der Waals surface area contributed by atoms with Gasteiger partial charge in [-0.15, -0.1) is 0 Å². The third-order valence-electron chi connectivity index (χ3n) is 1.62. The zero-order chi connectivity index (χ0) is 5.98. The zero-order valence-corrected chi connectivity index (χ0v) is 6.19. The van der Waals surface area contributed by atoms with Gasteiger partial charge in [-0.2, -0.15) is 12.6 Å². The summed E-state index contributed by atoms with van der Waals surface area (Å²) in [5.74, 6) is 0.993. The molecule has 0 aromatic heterocycles. The van der Waals surface area contributed by atoms with Crippen LogP contribution < -0.4 is 0 Å². The first kappa shape index (κ1) is 6.43. The predicted molar refractivity (Wildman–Crippen MR) is 39.5 cm³/mol. The van der Waals surface area contributed by atoms with Gasteiger partial charge < -0.3 is 4.90 Å². The second-order valence-corrected chi connectivity index (χ2v) is 2.88. The summed E-state index contributed by atoms with van der Waals surface area (Å²) in [4.78, 5) is 2.38. The molecule has 0 atom stereocenters. The fourth-order valence-corrected chi connectivity index (χ4v) is 1.17. The lowest BCUT2D eigenvalue weighted by Crippen LogP contribution is -2.22. The highest BCUT2D eigenvalue weighted by atomic mass is 32.1. The third kappa shape index (κ3) is 1.67. The van der Waals surface area contributed by atoms with Crippen LogP contribution in [0.1, 0.15) is 12.8 Å². The van der Waals surface area contributed by atoms with Crippen molar-refractivity contribution >= 4 is 12.6 Å². The van der Waals surface area contributed by atoms with Gasteiger partial charge in [0.15, 0.2) is 0 Å². The van der Waals surface area contributed by atoms with Crippen molar-refractivity contribution < 1.29 is 0 Å². The van der Waals surface area contributed by atoms with E-state index in [9.17, 15) is 0 Å². The van der Waals surface area contributed by atoms with E-state index in [1.807, 2.05) is 0 Å². The van der Waals surface area contributed by atoms with Gasteiger partial charge in [0.1, 0.15) is 0 Å². The SMILES string of the molecule is CN(CCS)C1CC1. The number of rotatable bonds is 3. The molecule has 1 aliphatic rings. The Hall–Kier alpha value is 0.310. The first-order chi connectivity index (χ1) is 3.84. The van der Waals surface area contributed by atoms with Crippen LogP contribution in [0.4, 0.5) is 0 Å². The Balaban J connectivity index is 2.03. The minimum absolute atomic E-state index is 0.905. The van der Waals surface area contributed by atoms with E-state index in [0.29, 0.717) is 0 Å². The predicted octanol–water partition coefficient (Wildman–Crippen LogP) is 1.01. The lowest BCUT2D eigenvalue weighted by Gasteiger charge is -2.12. The highest BCUT2D eigenvalue weighted by molar-refractivity contribution is 7.80. The van der Waals surface area contributed by atoms with Crippen molar-refractivity contribution in [2.75, 3.05) is 19.3 Å². The van der Waals surface area contributed by atoms with E-state index >= 15 is 0 Å². The number of nitrogens with zero attached hydrogens (tertiary/aromatic N) is 1. The molecule has 0 aromatic rings. The van der Waals surface area contributed by atoms with Gasteiger partial charge in [-0.3, -0.25) is 0 Å². The molecule has 0 aromatic carbocycles. The summed E-state index contributed by atoms with van der Waals surface area (Å²) < 4.78 is 0. The smallest absolute Gasteiger partial charge is 0.00937 e. The van der Waals surface area contributed by atoms with Gasteiger partial charge in [0.2, 0.25) is 0 Å². The standard InChI is InChI=1S/C6H13NS/c1-7(4-5-8)6-2-3-6/h6,8H,2-5H2,1H3. The molecular formula is C6H13NS. The molecule has 1 aliphatic carbocycles. The molecule has 1 saturated carbocycles. The van der Waals surface area contributed by atoms with Crippen molar-refractivity contribution in [2.24, 2.45) is 0 Å². The fourth-order valence-electron chi connectivity index (χ4n) is 0.856. The van der Waals surface area contributed by atoms with Crippen LogP contribution in [0.25, 0.3) is 0 Å². The second kappa shape index (κ2) is 2.74. The Bertz CT molecular complexity index is 70.9. The third-order valence-corrected chi connectivity index (χ3v) is 1.82. The van der Waals surface area contributed by atoms with E-state index < -0.39 is 0 Å². The Morgan fingerprint density at radius 2 is 2.25 bits per heavy atom. The molecule has 1 rings (SSSR count). The molecule has 1 nitrogen and oxygen atoms in total. The topological polar surface area (TPSA) is 3.24 Å². The Morgan fingerprint density at radius 3 is 2.62 bits per heavy atom. The maximum atomic E-state index is 4.14. The van der Waals surface area contributed by atoms with Crippen LogP contribution in [0.2, 0.25) is 0 Å². The highest BCUT2D eigenvalue weighted by Crippen LogP contribution is 2.24. The van der Waals surface area contributed by atoms with Crippen LogP contribution in [-0.4, -0.2) is 30.3 Å². The number of hydrogen-bond donors (Lipinski definition) is 1. The minimum Gasteiger partial charge on any atom is -0.303 e. The quantitative estimate of drug-likeness (QED) is 0.559. The molecule has 0 bridgehead atoms. The summed E-state index contributed by atoms with van der Waals surface area (Å²) in [6, 6.07) is 0.905. The summed E-state index contributed by atoms with van der Waals surface area (Å²) in [6.45, 7) is 1.15. The second-order valence-electron chi connectivity index (χ2n) is 2.44. The Labute approximate surface area is 56.5 Å². The first-order valence-corrected chi connectivity index (χ1v) is 3.79. The molecule has 48 valence electrons. The Kier molecular flexibility index (Phi) is 2.20. The molecule has 0 saturated heterocycles. The molecular weight excluding hydrogens is 118 g/mol. The van der Waals surface area contributed by atoms with Crippen molar-refractivity contribution in [1.82, 2.24) is 4.90 Å². The molecule has 0 heterocycles. The van der Waals surface area contributed by atoms with E-state index in [-0.39, 0.29) is 0 Å². The zero-order valence-electron chi connectivity index (χ0n) is 5.30. The largest absolute Gasteiger partial charge is 0.303 e. The summed E-state index contributed by atoms with van der Waals surface area (Å²) in [5, 5.41) is 0. The van der Waals surface area contributed by atoms with Crippen LogP contribution in [0.15, 0.2) is 0 Å². The van der Waals surface area contributed by atoms with Crippen LogP contribution >= 0.6 is 12.6 Å². The van der Waals surface area contributed by atoms with E-state index in [1.165, 1.54) is 12.8 Å². The van der Waals surface area contributed by atoms with Gasteiger partial charge in [0, 0.05) is 18.3 Å². The van der Waals surface area contributed by atoms with Crippen molar-refractivity contribution in [3.8, 4) is 0 Å². The van der Waals surface area contributed by atoms with Crippen LogP contribution in [0.5, 0.6) is 0 Å². The number of thiol groups is 1. The lowest BCUT2D eigenvalue weighted by molar-refractivity contribution is 0.346. The van der Waals surface area contributed by atoms with Gasteiger partial charge in [0.25, 0.3) is 0 Å². The molecule has 2 heteroatoms. The summed E-state index contributed by atoms with van der Waals surface area (Å²) in [6.07, 6.45) is 2.81. The highest BCUT2D eigenvalue weighted by Gasteiger charge is 2.24. The molecule has 1 fully saturated rings. The van der Waals surface area contributed by atoms with Crippen molar-refractivity contribution in [2.45, 2.75) is 18.9 Å². The molecule has 0 radical (unpaired) electrons. The monoisotopic (exact) mass is 131 g/mol. The fraction of sp³-hybridized carbons (Fsp3) is 1.00. The van der Waals surface area contributed by atoms with Gasteiger partial charge in [0.05, 0.1) is 0 Å². The van der Waals surface area contributed by atoms with Gasteiger partial charge in [-0.25, -0.2) is 0 Å². The molecule has 0 aliphatic heterocycles. The van der Waals surface area contributed by atoms with Crippen LogP contribution in [-0.2, 0) is 0 Å². The normalized spacial score (nSPS) is 19.9. The summed E-state index contributed by atoms with van der Waals surface area (Å²) >= 11 is 4.14. The van der Waals surface area contributed by atoms with E-state index in [1.54, 1.807) is 0 Å². The molecule has 0 unspecified atom stereocenters. The van der Waals surface area contributed by atoms with E-state index in [0.717, 1.165) is 18.3 Å². The minimum atomic E-state index is 0.905. The van der Waals surface area contributed by atoms with Gasteiger partial charge in [-0.05, 0) is 19.9 Å². The summed E-state index contributed by atoms with van der Waals surface area (Å²) in [5.41, 5.74) is 0. The van der Waals surface area contributed by atoms with Crippen molar-refractivity contribution in [1.29, 1.82) is 0 Å². The van der Waals surface area contributed by atoms with Crippen LogP contribution in [0, 0.1) is 0 Å². The Morgan fingerprint density at radius 1 is 1.62 bits per heavy atom. The maximum absolute atomic E-state index is 4.14. The summed E-state index contributed by atoms with van der Waals surface area (Å²) in [7, 11) is 2.17. The first-order valence-electron chi connectivity index (χ1n) is 3.15. The average Bonchev–Trinajstić information content (AvgIpc) is 2.45. The molecule has 8 heavy (non-hydrogen) atoms. The number of hydrogen-bond acceptors (Lipinski definition) is 2. The van der Waals surface area contributed by atoms with Crippen LogP contribution in [0.3, 0.4) is 0 Å². The van der Waals surface area contributed by atoms with E-state index in [4.69, 9.17) is 0 Å². The molecule has 0 amide bonds. The van der Waals surface area contributed by atoms with E-state index in [2.05, 4.69) is 24.6 Å². The maximum Gasteiger partial charge on any atom is 0.00937 e. The molecule has 0 N–H and O–H groups in total. The van der Waals surface area contributed by atoms with Crippen molar-refractivity contribution in [3.05, 3.63) is 0 Å². The molecule has 0 spiro atoms.